The molecule has 0 saturated heterocycles. The summed E-state index contributed by atoms with van der Waals surface area (Å²) in [5.41, 5.74) is 0.934. The molecule has 0 bridgehead atoms. The van der Waals surface area contributed by atoms with Crippen LogP contribution in [0.2, 0.25) is 0 Å². The summed E-state index contributed by atoms with van der Waals surface area (Å²) in [5.74, 6) is -2.06. The first-order valence-corrected chi connectivity index (χ1v) is 11.0. The van der Waals surface area contributed by atoms with Crippen LogP contribution in [0, 0.1) is 5.92 Å². The Morgan fingerprint density at radius 2 is 1.16 bits per heavy atom. The third-order valence-electron chi connectivity index (χ3n) is 6.18. The molecule has 0 heterocycles. The van der Waals surface area contributed by atoms with E-state index in [0.29, 0.717) is 0 Å². The summed E-state index contributed by atoms with van der Waals surface area (Å²) in [5, 5.41) is 9.45. The molecule has 0 fully saturated rings. The van der Waals surface area contributed by atoms with E-state index in [-0.39, 0.29) is 19.6 Å². The third kappa shape index (κ3) is 3.14. The van der Waals surface area contributed by atoms with Gasteiger partial charge in [0.1, 0.15) is 0 Å². The number of carbonyl (C=O) groups is 2. The second kappa shape index (κ2) is 8.12. The van der Waals surface area contributed by atoms with Crippen LogP contribution in [0.25, 0.3) is 43.1 Å². The molecule has 4 nitrogen and oxygen atoms in total. The van der Waals surface area contributed by atoms with Gasteiger partial charge in [-0.2, -0.15) is 0 Å². The highest BCUT2D eigenvalue weighted by Crippen LogP contribution is 2.41. The van der Waals surface area contributed by atoms with Gasteiger partial charge in [-0.1, -0.05) is 66.7 Å². The minimum atomic E-state index is -0.980. The largest absolute Gasteiger partial charge is 0.465 e. The fourth-order valence-corrected chi connectivity index (χ4v) is 4.85. The van der Waals surface area contributed by atoms with Gasteiger partial charge < -0.3 is 9.47 Å². The van der Waals surface area contributed by atoms with E-state index in [1.165, 1.54) is 32.3 Å². The Balaban J connectivity index is 1.74. The van der Waals surface area contributed by atoms with E-state index < -0.39 is 17.9 Å². The number of carbonyl (C=O) groups excluding carboxylic acids is 2. The summed E-state index contributed by atoms with van der Waals surface area (Å²) < 4.78 is 10.4. The van der Waals surface area contributed by atoms with Crippen LogP contribution in [-0.2, 0) is 25.5 Å². The first kappa shape index (κ1) is 20.3. The zero-order valence-corrected chi connectivity index (χ0v) is 18.2. The number of rotatable bonds is 6. The first-order chi connectivity index (χ1) is 15.6. The van der Waals surface area contributed by atoms with Crippen LogP contribution in [0.3, 0.4) is 0 Å². The van der Waals surface area contributed by atoms with Crippen LogP contribution in [0.4, 0.5) is 0 Å². The third-order valence-corrected chi connectivity index (χ3v) is 6.18. The summed E-state index contributed by atoms with van der Waals surface area (Å²) in [7, 11) is 0. The summed E-state index contributed by atoms with van der Waals surface area (Å²) in [4.78, 5) is 25.1. The van der Waals surface area contributed by atoms with E-state index >= 15 is 0 Å². The molecule has 5 aromatic carbocycles. The monoisotopic (exact) mass is 424 g/mol. The lowest BCUT2D eigenvalue weighted by atomic mass is 9.86. The molecule has 0 saturated carbocycles. The maximum absolute atomic E-state index is 12.6. The second-order valence-corrected chi connectivity index (χ2v) is 7.97. The molecule has 0 aliphatic heterocycles. The van der Waals surface area contributed by atoms with Crippen molar-refractivity contribution in [1.29, 1.82) is 0 Å². The molecular formula is C28H24O4. The Hall–Kier alpha value is -3.66. The van der Waals surface area contributed by atoms with Crippen molar-refractivity contribution >= 4 is 55.0 Å². The first-order valence-electron chi connectivity index (χ1n) is 11.0. The predicted molar refractivity (Wildman–Crippen MR) is 128 cm³/mol. The standard InChI is InChI=1S/C28H24O4/c1-3-31-27(29)24(28(30)32-4-2)16-18-14-15-23-21-12-6-9-17-8-5-11-20(25(17)21)22-13-7-10-19(18)26(22)23/h5-15,24H,3-4,16H2,1-2H3. The van der Waals surface area contributed by atoms with Gasteiger partial charge in [-0.15, -0.1) is 0 Å². The zero-order valence-electron chi connectivity index (χ0n) is 18.2. The molecule has 0 aromatic heterocycles. The van der Waals surface area contributed by atoms with Gasteiger partial charge in [-0.05, 0) is 68.9 Å². The topological polar surface area (TPSA) is 52.6 Å². The SMILES string of the molecule is CCOC(=O)C(Cc1ccc2c3cccc4cccc(c5cccc1c52)c43)C(=O)OCC. The molecule has 0 amide bonds. The minimum Gasteiger partial charge on any atom is -0.465 e. The highest BCUT2D eigenvalue weighted by molar-refractivity contribution is 6.33. The molecule has 0 unspecified atom stereocenters. The molecule has 160 valence electrons. The molecule has 4 heteroatoms. The van der Waals surface area contributed by atoms with Gasteiger partial charge in [-0.3, -0.25) is 9.59 Å². The maximum Gasteiger partial charge on any atom is 0.320 e. The van der Waals surface area contributed by atoms with Crippen molar-refractivity contribution < 1.29 is 19.1 Å². The Labute approximate surface area is 186 Å². The lowest BCUT2D eigenvalue weighted by Gasteiger charge is -2.18. The Kier molecular flexibility index (Phi) is 5.14. The van der Waals surface area contributed by atoms with Gasteiger partial charge in [0.15, 0.2) is 5.92 Å². The van der Waals surface area contributed by atoms with Crippen LogP contribution < -0.4 is 0 Å². The molecule has 5 aromatic rings. The van der Waals surface area contributed by atoms with Crippen molar-refractivity contribution in [2.24, 2.45) is 5.92 Å². The average Bonchev–Trinajstić information content (AvgIpc) is 2.81. The van der Waals surface area contributed by atoms with E-state index in [2.05, 4.69) is 54.6 Å². The molecule has 5 rings (SSSR count). The predicted octanol–water partition coefficient (Wildman–Crippen LogP) is 6.02. The van der Waals surface area contributed by atoms with E-state index in [1.54, 1.807) is 13.8 Å². The zero-order chi connectivity index (χ0) is 22.2. The van der Waals surface area contributed by atoms with E-state index in [4.69, 9.17) is 9.47 Å². The number of benzene rings is 5. The number of hydrogen-bond donors (Lipinski definition) is 0. The van der Waals surface area contributed by atoms with Crippen LogP contribution in [0.15, 0.2) is 66.7 Å². The van der Waals surface area contributed by atoms with Gasteiger partial charge in [0, 0.05) is 0 Å². The van der Waals surface area contributed by atoms with Gasteiger partial charge in [0.2, 0.25) is 0 Å². The van der Waals surface area contributed by atoms with Crippen molar-refractivity contribution in [3.05, 3.63) is 72.3 Å². The molecule has 0 radical (unpaired) electrons. The van der Waals surface area contributed by atoms with E-state index in [9.17, 15) is 9.59 Å². The Morgan fingerprint density at radius 3 is 1.75 bits per heavy atom. The van der Waals surface area contributed by atoms with Crippen LogP contribution in [0.1, 0.15) is 19.4 Å². The van der Waals surface area contributed by atoms with Crippen molar-refractivity contribution in [1.82, 2.24) is 0 Å². The van der Waals surface area contributed by atoms with Gasteiger partial charge >= 0.3 is 11.9 Å². The normalized spacial score (nSPS) is 11.7. The molecule has 32 heavy (non-hydrogen) atoms. The lowest BCUT2D eigenvalue weighted by molar-refractivity contribution is -0.161. The van der Waals surface area contributed by atoms with Gasteiger partial charge in [0.05, 0.1) is 13.2 Å². The molecule has 0 atom stereocenters. The number of esters is 2. The lowest BCUT2D eigenvalue weighted by Crippen LogP contribution is -2.30. The van der Waals surface area contributed by atoms with Crippen molar-refractivity contribution in [3.8, 4) is 0 Å². The van der Waals surface area contributed by atoms with Gasteiger partial charge in [-0.25, -0.2) is 0 Å². The minimum absolute atomic E-state index is 0.222. The summed E-state index contributed by atoms with van der Waals surface area (Å²) in [6.07, 6.45) is 0.240. The molecular weight excluding hydrogens is 400 g/mol. The van der Waals surface area contributed by atoms with Crippen LogP contribution >= 0.6 is 0 Å². The van der Waals surface area contributed by atoms with Crippen molar-refractivity contribution in [2.45, 2.75) is 20.3 Å². The fraction of sp³-hybridized carbons (Fsp3) is 0.214. The summed E-state index contributed by atoms with van der Waals surface area (Å²) in [6, 6.07) is 23.2. The smallest absolute Gasteiger partial charge is 0.320 e. The number of fused-ring (bicyclic) bond motifs is 2. The maximum atomic E-state index is 12.6. The highest BCUT2D eigenvalue weighted by Gasteiger charge is 2.30. The number of ether oxygens (including phenoxy) is 2. The van der Waals surface area contributed by atoms with E-state index in [0.717, 1.165) is 16.3 Å². The number of hydrogen-bond acceptors (Lipinski definition) is 4. The van der Waals surface area contributed by atoms with Crippen LogP contribution in [-0.4, -0.2) is 25.2 Å². The molecule has 0 N–H and O–H groups in total. The molecule has 0 aliphatic rings. The fourth-order valence-electron chi connectivity index (χ4n) is 4.85. The average molecular weight is 424 g/mol. The highest BCUT2D eigenvalue weighted by atomic mass is 16.6. The second-order valence-electron chi connectivity index (χ2n) is 7.97. The van der Waals surface area contributed by atoms with Gasteiger partial charge in [0.25, 0.3) is 0 Å². The van der Waals surface area contributed by atoms with E-state index in [1.807, 2.05) is 12.1 Å². The molecule has 0 spiro atoms. The molecule has 0 aliphatic carbocycles. The Bertz CT molecular complexity index is 1400. The summed E-state index contributed by atoms with van der Waals surface area (Å²) in [6.45, 7) is 3.92. The van der Waals surface area contributed by atoms with Crippen molar-refractivity contribution in [3.63, 3.8) is 0 Å². The summed E-state index contributed by atoms with van der Waals surface area (Å²) >= 11 is 0. The Morgan fingerprint density at radius 1 is 0.656 bits per heavy atom. The van der Waals surface area contributed by atoms with Crippen molar-refractivity contribution in [2.75, 3.05) is 13.2 Å². The van der Waals surface area contributed by atoms with Crippen LogP contribution in [0.5, 0.6) is 0 Å². The quantitative estimate of drug-likeness (QED) is 0.145.